The van der Waals surface area contributed by atoms with Crippen LogP contribution in [0, 0.1) is 0 Å². The molecule has 36 heavy (non-hydrogen) atoms. The third kappa shape index (κ3) is 6.65. The number of carbonyl (C=O) groups is 2. The van der Waals surface area contributed by atoms with Crippen molar-refractivity contribution in [2.45, 2.75) is 19.9 Å². The molecule has 1 amide bonds. The molecule has 0 saturated carbocycles. The van der Waals surface area contributed by atoms with Gasteiger partial charge in [-0.1, -0.05) is 36.4 Å². The Balaban J connectivity index is 1.44. The Hall–Kier alpha value is -3.82. The van der Waals surface area contributed by atoms with Crippen LogP contribution in [-0.4, -0.2) is 71.4 Å². The average Bonchev–Trinajstić information content (AvgIpc) is 2.87. The summed E-state index contributed by atoms with van der Waals surface area (Å²) in [5, 5.41) is 6.47. The van der Waals surface area contributed by atoms with Crippen molar-refractivity contribution >= 4 is 11.9 Å². The number of carbonyl (C=O) groups excluding carboxylic acids is 2. The van der Waals surface area contributed by atoms with E-state index in [0.717, 1.165) is 42.9 Å². The minimum atomic E-state index is -0.285. The molecule has 1 fully saturated rings. The van der Waals surface area contributed by atoms with Gasteiger partial charge in [-0.3, -0.25) is 19.8 Å². The van der Waals surface area contributed by atoms with Gasteiger partial charge in [0.2, 0.25) is 0 Å². The van der Waals surface area contributed by atoms with Gasteiger partial charge in [0.15, 0.2) is 0 Å². The van der Waals surface area contributed by atoms with E-state index in [1.165, 1.54) is 10.7 Å². The number of esters is 1. The Bertz CT molecular complexity index is 1260. The molecule has 0 aliphatic carbocycles. The highest BCUT2D eigenvalue weighted by Gasteiger charge is 2.17. The Kier molecular flexibility index (Phi) is 8.24. The Morgan fingerprint density at radius 1 is 0.972 bits per heavy atom. The van der Waals surface area contributed by atoms with Gasteiger partial charge in [-0.05, 0) is 43.3 Å². The lowest BCUT2D eigenvalue weighted by molar-refractivity contribution is -0.142. The summed E-state index contributed by atoms with van der Waals surface area (Å²) in [6.07, 6.45) is 0.179. The minimum Gasteiger partial charge on any atom is -0.466 e. The zero-order chi connectivity index (χ0) is 25.5. The van der Waals surface area contributed by atoms with Crippen molar-refractivity contribution in [1.82, 2.24) is 25.1 Å². The quantitative estimate of drug-likeness (QED) is 0.483. The lowest BCUT2D eigenvalue weighted by atomic mass is 10.1. The van der Waals surface area contributed by atoms with Crippen LogP contribution < -0.4 is 11.0 Å². The maximum atomic E-state index is 12.6. The average molecular weight is 490 g/mol. The van der Waals surface area contributed by atoms with E-state index in [9.17, 15) is 14.4 Å². The monoisotopic (exact) mass is 489 g/mol. The van der Waals surface area contributed by atoms with Gasteiger partial charge in [-0.25, -0.2) is 9.69 Å². The van der Waals surface area contributed by atoms with Gasteiger partial charge < -0.3 is 9.64 Å². The van der Waals surface area contributed by atoms with Gasteiger partial charge in [-0.2, -0.15) is 5.10 Å². The Morgan fingerprint density at radius 3 is 2.42 bits per heavy atom. The van der Waals surface area contributed by atoms with Crippen molar-refractivity contribution < 1.29 is 14.3 Å². The molecular formula is C27H31N5O4. The second-order valence-electron chi connectivity index (χ2n) is 8.82. The van der Waals surface area contributed by atoms with Gasteiger partial charge in [0.05, 0.1) is 25.3 Å². The number of nitrogens with one attached hydrogen (secondary N) is 1. The summed E-state index contributed by atoms with van der Waals surface area (Å²) >= 11 is 0. The second-order valence-corrected chi connectivity index (χ2v) is 8.82. The molecule has 9 nitrogen and oxygen atoms in total. The van der Waals surface area contributed by atoms with Gasteiger partial charge in [0, 0.05) is 43.4 Å². The van der Waals surface area contributed by atoms with Crippen LogP contribution in [0.5, 0.6) is 0 Å². The number of hydrogen-bond donors (Lipinski definition) is 1. The minimum absolute atomic E-state index is 0.147. The Morgan fingerprint density at radius 2 is 1.69 bits per heavy atom. The van der Waals surface area contributed by atoms with Crippen molar-refractivity contribution in [3.63, 3.8) is 0 Å². The van der Waals surface area contributed by atoms with E-state index in [1.54, 1.807) is 25.1 Å². The summed E-state index contributed by atoms with van der Waals surface area (Å²) in [7, 11) is 2.07. The lowest BCUT2D eigenvalue weighted by Crippen LogP contribution is -2.52. The number of nitrogens with zero attached hydrogens (tertiary/aromatic N) is 4. The molecule has 4 rings (SSSR count). The largest absolute Gasteiger partial charge is 0.466 e. The number of hydrogen-bond acceptors (Lipinski definition) is 7. The van der Waals surface area contributed by atoms with Crippen molar-refractivity contribution in [2.75, 3.05) is 39.8 Å². The first-order valence-electron chi connectivity index (χ1n) is 12.1. The lowest BCUT2D eigenvalue weighted by Gasteiger charge is -2.32. The predicted octanol–water partition coefficient (Wildman–Crippen LogP) is 1.96. The number of rotatable bonds is 8. The van der Waals surface area contributed by atoms with E-state index in [1.807, 2.05) is 41.4 Å². The summed E-state index contributed by atoms with van der Waals surface area (Å²) in [4.78, 5) is 39.1. The maximum Gasteiger partial charge on any atom is 0.310 e. The summed E-state index contributed by atoms with van der Waals surface area (Å²) < 4.78 is 6.41. The molecule has 188 valence electrons. The maximum absolute atomic E-state index is 12.6. The van der Waals surface area contributed by atoms with Crippen LogP contribution in [0.2, 0.25) is 0 Å². The van der Waals surface area contributed by atoms with E-state index in [4.69, 9.17) is 4.74 Å². The number of amides is 1. The van der Waals surface area contributed by atoms with Crippen LogP contribution in [0.15, 0.2) is 65.5 Å². The highest BCUT2D eigenvalue weighted by atomic mass is 16.5. The fourth-order valence-electron chi connectivity index (χ4n) is 4.02. The summed E-state index contributed by atoms with van der Waals surface area (Å²) in [5.41, 5.74) is 6.41. The topological polar surface area (TPSA) is 96.8 Å². The molecule has 9 heteroatoms. The normalized spacial score (nSPS) is 14.4. The van der Waals surface area contributed by atoms with Gasteiger partial charge in [0.25, 0.3) is 11.5 Å². The third-order valence-electron chi connectivity index (χ3n) is 6.05. The predicted molar refractivity (Wildman–Crippen MR) is 136 cm³/mol. The van der Waals surface area contributed by atoms with Crippen LogP contribution in [0.25, 0.3) is 11.3 Å². The first-order valence-corrected chi connectivity index (χ1v) is 12.1. The number of piperazine rings is 1. The first-order chi connectivity index (χ1) is 17.4. The fourth-order valence-corrected chi connectivity index (χ4v) is 4.02. The van der Waals surface area contributed by atoms with Crippen LogP contribution in [0.1, 0.15) is 28.4 Å². The van der Waals surface area contributed by atoms with Gasteiger partial charge in [-0.15, -0.1) is 0 Å². The van der Waals surface area contributed by atoms with E-state index in [2.05, 4.69) is 22.5 Å². The van der Waals surface area contributed by atoms with Gasteiger partial charge >= 0.3 is 5.97 Å². The van der Waals surface area contributed by atoms with Crippen LogP contribution in [0.4, 0.5) is 0 Å². The number of benzene rings is 2. The van der Waals surface area contributed by atoms with E-state index in [-0.39, 0.29) is 30.4 Å². The molecule has 1 aromatic heterocycles. The van der Waals surface area contributed by atoms with Crippen molar-refractivity contribution in [2.24, 2.45) is 0 Å². The molecule has 0 bridgehead atoms. The summed E-state index contributed by atoms with van der Waals surface area (Å²) in [6, 6.07) is 17.8. The zero-order valence-corrected chi connectivity index (χ0v) is 20.6. The second kappa shape index (κ2) is 11.7. The zero-order valence-electron chi connectivity index (χ0n) is 20.6. The van der Waals surface area contributed by atoms with Gasteiger partial charge in [0.1, 0.15) is 0 Å². The molecule has 0 radical (unpaired) electrons. The molecule has 3 aromatic rings. The van der Waals surface area contributed by atoms with Crippen molar-refractivity contribution in [3.8, 4) is 11.3 Å². The number of aromatic nitrogens is 2. The van der Waals surface area contributed by atoms with Crippen LogP contribution in [-0.2, 0) is 22.5 Å². The smallest absolute Gasteiger partial charge is 0.310 e. The highest BCUT2D eigenvalue weighted by molar-refractivity contribution is 5.94. The molecule has 1 aliphatic heterocycles. The van der Waals surface area contributed by atoms with E-state index >= 15 is 0 Å². The molecule has 0 spiro atoms. The molecule has 2 aromatic carbocycles. The van der Waals surface area contributed by atoms with Crippen molar-refractivity contribution in [1.29, 1.82) is 0 Å². The number of ether oxygens (including phenoxy) is 1. The molecule has 1 aliphatic rings. The van der Waals surface area contributed by atoms with Crippen LogP contribution in [0.3, 0.4) is 0 Å². The molecule has 1 saturated heterocycles. The van der Waals surface area contributed by atoms with Crippen molar-refractivity contribution in [3.05, 3.63) is 87.7 Å². The summed E-state index contributed by atoms with van der Waals surface area (Å²) in [6.45, 7) is 5.79. The van der Waals surface area contributed by atoms with E-state index in [0.29, 0.717) is 17.9 Å². The molecular weight excluding hydrogens is 458 g/mol. The molecule has 0 unspecified atom stereocenters. The summed E-state index contributed by atoms with van der Waals surface area (Å²) in [5.74, 6) is -0.431. The third-order valence-corrected chi connectivity index (χ3v) is 6.05. The number of hydrazine groups is 1. The standard InChI is InChI=1S/C27H31N5O4/c1-3-36-26(34)18-20-5-4-6-21(17-20)19-32-25(33)12-11-24(28-32)22-7-9-23(10-8-22)27(35)29-31-15-13-30(2)14-16-31/h4-12,17H,3,13-16,18-19H2,1-2H3,(H,29,35). The van der Waals surface area contributed by atoms with Crippen LogP contribution >= 0.6 is 0 Å². The molecule has 1 N–H and O–H groups in total. The molecule has 2 heterocycles. The fraction of sp³-hybridized carbons (Fsp3) is 0.333. The SMILES string of the molecule is CCOC(=O)Cc1cccc(Cn2nc(-c3ccc(C(=O)NN4CCN(C)CC4)cc3)ccc2=O)c1. The molecule has 0 atom stereocenters. The van der Waals surface area contributed by atoms with E-state index < -0.39 is 0 Å². The first kappa shape index (κ1) is 25.3. The number of likely N-dealkylation sites (N-methyl/N-ethyl adjacent to an activating group) is 1. The highest BCUT2D eigenvalue weighted by Crippen LogP contribution is 2.17. The Labute approximate surface area is 210 Å².